The quantitative estimate of drug-likeness (QED) is 0.896. The van der Waals surface area contributed by atoms with E-state index in [9.17, 15) is 4.79 Å². The molecule has 0 bridgehead atoms. The van der Waals surface area contributed by atoms with Gasteiger partial charge in [-0.05, 0) is 37.1 Å². The van der Waals surface area contributed by atoms with Crippen molar-refractivity contribution in [3.63, 3.8) is 0 Å². The van der Waals surface area contributed by atoms with Gasteiger partial charge in [0.1, 0.15) is 0 Å². The highest BCUT2D eigenvalue weighted by Gasteiger charge is 2.15. The molecule has 3 nitrogen and oxygen atoms in total. The Hall–Kier alpha value is -2.03. The Balaban J connectivity index is 2.23. The van der Waals surface area contributed by atoms with Gasteiger partial charge in [0.15, 0.2) is 0 Å². The number of hydrogen-bond acceptors (Lipinski definition) is 1. The number of rotatable bonds is 4. The summed E-state index contributed by atoms with van der Waals surface area (Å²) in [6, 6.07) is 14.5. The van der Waals surface area contributed by atoms with Gasteiger partial charge in [-0.3, -0.25) is 0 Å². The lowest BCUT2D eigenvalue weighted by Gasteiger charge is -2.23. The number of carbonyl (C=O) groups excluding carboxylic acids is 1. The van der Waals surface area contributed by atoms with Crippen molar-refractivity contribution in [1.82, 2.24) is 10.2 Å². The predicted molar refractivity (Wildman–Crippen MR) is 83.8 cm³/mol. The minimum atomic E-state index is -0.00537. The third-order valence-electron chi connectivity index (χ3n) is 3.68. The molecular weight excluding hydrogens is 248 g/mol. The minimum Gasteiger partial charge on any atom is -0.331 e. The van der Waals surface area contributed by atoms with Crippen LogP contribution in [0.4, 0.5) is 4.79 Å². The number of carbonyl (C=O) groups is 1. The van der Waals surface area contributed by atoms with Crippen LogP contribution in [0.3, 0.4) is 0 Å². The molecule has 0 saturated heterocycles. The van der Waals surface area contributed by atoms with Crippen LogP contribution in [0.5, 0.6) is 0 Å². The summed E-state index contributed by atoms with van der Waals surface area (Å²) in [6.45, 7) is 7.47. The zero-order valence-electron chi connectivity index (χ0n) is 12.4. The lowest BCUT2D eigenvalue weighted by Crippen LogP contribution is -2.40. The van der Waals surface area contributed by atoms with Crippen LogP contribution in [-0.4, -0.2) is 24.0 Å². The summed E-state index contributed by atoms with van der Waals surface area (Å²) in [4.78, 5) is 13.9. The summed E-state index contributed by atoms with van der Waals surface area (Å²) in [7, 11) is 0. The first kappa shape index (κ1) is 14.4. The van der Waals surface area contributed by atoms with Gasteiger partial charge in [0.05, 0.1) is 6.04 Å². The summed E-state index contributed by atoms with van der Waals surface area (Å²) in [5.74, 6) is 0. The predicted octanol–water partition coefficient (Wildman–Crippen LogP) is 3.95. The topological polar surface area (TPSA) is 32.3 Å². The molecule has 0 unspecified atom stereocenters. The summed E-state index contributed by atoms with van der Waals surface area (Å²) in [6.07, 6.45) is 0. The molecule has 0 radical (unpaired) electrons. The molecule has 0 aliphatic carbocycles. The molecule has 2 rings (SSSR count). The summed E-state index contributed by atoms with van der Waals surface area (Å²) in [5, 5.41) is 5.48. The van der Waals surface area contributed by atoms with Gasteiger partial charge in [-0.15, -0.1) is 0 Å². The van der Waals surface area contributed by atoms with Crippen molar-refractivity contribution in [2.24, 2.45) is 0 Å². The maximum atomic E-state index is 12.1. The fourth-order valence-electron chi connectivity index (χ4n) is 2.49. The molecule has 0 fully saturated rings. The van der Waals surface area contributed by atoms with Gasteiger partial charge in [-0.1, -0.05) is 42.5 Å². The van der Waals surface area contributed by atoms with Gasteiger partial charge < -0.3 is 10.2 Å². The zero-order valence-corrected chi connectivity index (χ0v) is 12.4. The molecular formula is C17H22N2O. The second kappa shape index (κ2) is 6.42. The number of nitrogens with one attached hydrogen (secondary N) is 1. The first-order valence-corrected chi connectivity index (χ1v) is 7.20. The Morgan fingerprint density at radius 2 is 1.75 bits per heavy atom. The molecule has 106 valence electrons. The Morgan fingerprint density at radius 1 is 1.10 bits per heavy atom. The number of benzene rings is 2. The zero-order chi connectivity index (χ0) is 14.5. The van der Waals surface area contributed by atoms with Crippen molar-refractivity contribution in [1.29, 1.82) is 0 Å². The van der Waals surface area contributed by atoms with Crippen molar-refractivity contribution < 1.29 is 4.79 Å². The van der Waals surface area contributed by atoms with E-state index in [1.165, 1.54) is 10.8 Å². The number of urea groups is 1. The van der Waals surface area contributed by atoms with Crippen LogP contribution in [0.1, 0.15) is 32.4 Å². The van der Waals surface area contributed by atoms with E-state index in [1.54, 1.807) is 4.90 Å². The van der Waals surface area contributed by atoms with E-state index in [4.69, 9.17) is 0 Å². The molecule has 1 atom stereocenters. The molecule has 2 amide bonds. The first-order chi connectivity index (χ1) is 9.67. The van der Waals surface area contributed by atoms with Gasteiger partial charge in [0.25, 0.3) is 0 Å². The molecule has 0 aromatic heterocycles. The number of hydrogen-bond donors (Lipinski definition) is 1. The highest BCUT2D eigenvalue weighted by Crippen LogP contribution is 2.24. The molecule has 3 heteroatoms. The SMILES string of the molecule is CCN(CC)C(=O)N[C@@H](C)c1cccc2ccccc12. The van der Waals surface area contributed by atoms with Gasteiger partial charge in [0.2, 0.25) is 0 Å². The van der Waals surface area contributed by atoms with Gasteiger partial charge in [-0.2, -0.15) is 0 Å². The summed E-state index contributed by atoms with van der Waals surface area (Å²) in [5.41, 5.74) is 1.16. The first-order valence-electron chi connectivity index (χ1n) is 7.20. The van der Waals surface area contributed by atoms with E-state index in [0.717, 1.165) is 18.7 Å². The van der Waals surface area contributed by atoms with Crippen molar-refractivity contribution in [2.45, 2.75) is 26.8 Å². The van der Waals surface area contributed by atoms with Crippen molar-refractivity contribution in [3.8, 4) is 0 Å². The molecule has 0 spiro atoms. The lowest BCUT2D eigenvalue weighted by molar-refractivity contribution is 0.200. The molecule has 20 heavy (non-hydrogen) atoms. The molecule has 0 saturated carbocycles. The van der Waals surface area contributed by atoms with Crippen molar-refractivity contribution >= 4 is 16.8 Å². The fourth-order valence-corrected chi connectivity index (χ4v) is 2.49. The number of amides is 2. The van der Waals surface area contributed by atoms with Crippen LogP contribution in [0.15, 0.2) is 42.5 Å². The molecule has 0 aliphatic heterocycles. The van der Waals surface area contributed by atoms with E-state index in [0.29, 0.717) is 0 Å². The van der Waals surface area contributed by atoms with Crippen LogP contribution in [0.2, 0.25) is 0 Å². The normalized spacial score (nSPS) is 12.2. The molecule has 0 aliphatic rings. The Bertz CT molecular complexity index is 585. The molecule has 2 aromatic carbocycles. The Morgan fingerprint density at radius 3 is 2.45 bits per heavy atom. The fraction of sp³-hybridized carbons (Fsp3) is 0.353. The summed E-state index contributed by atoms with van der Waals surface area (Å²) >= 11 is 0. The van der Waals surface area contributed by atoms with E-state index in [-0.39, 0.29) is 12.1 Å². The molecule has 1 N–H and O–H groups in total. The van der Waals surface area contributed by atoms with E-state index >= 15 is 0 Å². The smallest absolute Gasteiger partial charge is 0.317 e. The van der Waals surface area contributed by atoms with Crippen LogP contribution in [-0.2, 0) is 0 Å². The van der Waals surface area contributed by atoms with Gasteiger partial charge in [0, 0.05) is 13.1 Å². The van der Waals surface area contributed by atoms with Crippen LogP contribution >= 0.6 is 0 Å². The Kier molecular flexibility index (Phi) is 4.61. The third kappa shape index (κ3) is 2.93. The van der Waals surface area contributed by atoms with E-state index in [2.05, 4.69) is 29.6 Å². The summed E-state index contributed by atoms with van der Waals surface area (Å²) < 4.78 is 0. The average Bonchev–Trinajstić information content (AvgIpc) is 2.47. The van der Waals surface area contributed by atoms with Crippen molar-refractivity contribution in [2.75, 3.05) is 13.1 Å². The average molecular weight is 270 g/mol. The van der Waals surface area contributed by atoms with Gasteiger partial charge in [-0.25, -0.2) is 4.79 Å². The largest absolute Gasteiger partial charge is 0.331 e. The van der Waals surface area contributed by atoms with Gasteiger partial charge >= 0.3 is 6.03 Å². The maximum Gasteiger partial charge on any atom is 0.317 e. The second-order valence-electron chi connectivity index (χ2n) is 4.91. The Labute approximate surface area is 120 Å². The van der Waals surface area contributed by atoms with Crippen LogP contribution in [0, 0.1) is 0 Å². The van der Waals surface area contributed by atoms with Crippen molar-refractivity contribution in [3.05, 3.63) is 48.0 Å². The highest BCUT2D eigenvalue weighted by atomic mass is 16.2. The maximum absolute atomic E-state index is 12.1. The molecule has 2 aromatic rings. The standard InChI is InChI=1S/C17H22N2O/c1-4-19(5-2)17(20)18-13(3)15-12-8-10-14-9-6-7-11-16(14)15/h6-13H,4-5H2,1-3H3,(H,18,20)/t13-/m0/s1. The number of fused-ring (bicyclic) bond motifs is 1. The number of nitrogens with zero attached hydrogens (tertiary/aromatic N) is 1. The molecule has 0 heterocycles. The minimum absolute atomic E-state index is 0.00423. The van der Waals surface area contributed by atoms with E-state index < -0.39 is 0 Å². The third-order valence-corrected chi connectivity index (χ3v) is 3.68. The van der Waals surface area contributed by atoms with Crippen LogP contribution in [0.25, 0.3) is 10.8 Å². The monoisotopic (exact) mass is 270 g/mol. The van der Waals surface area contributed by atoms with E-state index in [1.807, 2.05) is 39.0 Å². The highest BCUT2D eigenvalue weighted by molar-refractivity contribution is 5.86. The van der Waals surface area contributed by atoms with Crippen LogP contribution < -0.4 is 5.32 Å². The lowest BCUT2D eigenvalue weighted by atomic mass is 10.00. The second-order valence-corrected chi connectivity index (χ2v) is 4.91.